The number of nitrogens with zero attached hydrogens (tertiary/aromatic N) is 2. The van der Waals surface area contributed by atoms with Crippen molar-refractivity contribution in [1.82, 2.24) is 14.2 Å². The van der Waals surface area contributed by atoms with Crippen molar-refractivity contribution in [2.45, 2.75) is 48.5 Å². The maximum atomic E-state index is 13.9. The molecule has 3 aliphatic rings. The third-order valence-corrected chi connectivity index (χ3v) is 10.6. The van der Waals surface area contributed by atoms with Crippen LogP contribution in [-0.4, -0.2) is 67.0 Å². The number of nitrogens with one attached hydrogen (secondary N) is 1. The number of aliphatic hydroxyl groups excluding tert-OH is 1. The van der Waals surface area contributed by atoms with Crippen LogP contribution in [0.1, 0.15) is 49.4 Å². The largest absolute Gasteiger partial charge is 0.497 e. The molecule has 2 N–H and O–H groups in total. The van der Waals surface area contributed by atoms with Crippen molar-refractivity contribution >= 4 is 26.8 Å². The van der Waals surface area contributed by atoms with Crippen LogP contribution in [0.5, 0.6) is 5.75 Å². The Labute approximate surface area is 217 Å². The molecular formula is C28H33N3O5S. The van der Waals surface area contributed by atoms with E-state index in [4.69, 9.17) is 4.74 Å². The Hall–Kier alpha value is -2.88. The highest BCUT2D eigenvalue weighted by Crippen LogP contribution is 2.50. The number of piperidine rings is 1. The van der Waals surface area contributed by atoms with Crippen molar-refractivity contribution in [3.63, 3.8) is 0 Å². The number of carbonyl (C=O) groups is 1. The molecule has 2 aromatic carbocycles. The molecule has 1 amide bonds. The number of benzene rings is 2. The Morgan fingerprint density at radius 1 is 1.14 bits per heavy atom. The average molecular weight is 524 g/mol. The van der Waals surface area contributed by atoms with Crippen molar-refractivity contribution in [3.05, 3.63) is 59.8 Å². The van der Waals surface area contributed by atoms with Crippen molar-refractivity contribution in [2.75, 3.05) is 33.4 Å². The minimum atomic E-state index is -3.88. The van der Waals surface area contributed by atoms with Crippen LogP contribution in [0.3, 0.4) is 0 Å². The van der Waals surface area contributed by atoms with E-state index in [0.29, 0.717) is 31.7 Å². The molecule has 6 rings (SSSR count). The number of hydrogen-bond donors (Lipinski definition) is 2. The van der Waals surface area contributed by atoms with Gasteiger partial charge in [0.2, 0.25) is 15.9 Å². The lowest BCUT2D eigenvalue weighted by Crippen LogP contribution is -2.56. The van der Waals surface area contributed by atoms with E-state index in [1.165, 1.54) is 4.31 Å². The van der Waals surface area contributed by atoms with E-state index in [1.807, 2.05) is 23.1 Å². The second-order valence-electron chi connectivity index (χ2n) is 10.6. The van der Waals surface area contributed by atoms with Crippen LogP contribution in [0.2, 0.25) is 0 Å². The summed E-state index contributed by atoms with van der Waals surface area (Å²) >= 11 is 0. The molecule has 37 heavy (non-hydrogen) atoms. The lowest BCUT2D eigenvalue weighted by atomic mass is 9.68. The van der Waals surface area contributed by atoms with Gasteiger partial charge in [0.25, 0.3) is 0 Å². The SMILES string of the molecule is COc1ccc2c3c([nH]c2c1)C(CO)N(S(=O)(=O)c1ccccc1)CC31CCN(C(=O)C2CCC2)CC1. The maximum absolute atomic E-state index is 13.9. The van der Waals surface area contributed by atoms with Crippen LogP contribution < -0.4 is 4.74 Å². The molecule has 1 aliphatic carbocycles. The number of amides is 1. The smallest absolute Gasteiger partial charge is 0.243 e. The van der Waals surface area contributed by atoms with Crippen LogP contribution in [0, 0.1) is 5.92 Å². The lowest BCUT2D eigenvalue weighted by molar-refractivity contribution is -0.140. The van der Waals surface area contributed by atoms with Crippen LogP contribution in [0.25, 0.3) is 10.9 Å². The molecule has 2 aliphatic heterocycles. The molecule has 1 saturated heterocycles. The molecule has 1 unspecified atom stereocenters. The van der Waals surface area contributed by atoms with E-state index in [2.05, 4.69) is 4.98 Å². The van der Waals surface area contributed by atoms with Crippen molar-refractivity contribution in [2.24, 2.45) is 5.92 Å². The summed E-state index contributed by atoms with van der Waals surface area (Å²) in [5.41, 5.74) is 2.18. The third kappa shape index (κ3) is 3.86. The second kappa shape index (κ2) is 9.15. The fraction of sp³-hybridized carbons (Fsp3) is 0.464. The number of aromatic amines is 1. The van der Waals surface area contributed by atoms with Gasteiger partial charge in [-0.05, 0) is 55.5 Å². The Kier molecular flexibility index (Phi) is 6.05. The topological polar surface area (TPSA) is 103 Å². The minimum Gasteiger partial charge on any atom is -0.497 e. The van der Waals surface area contributed by atoms with Gasteiger partial charge >= 0.3 is 0 Å². The summed E-state index contributed by atoms with van der Waals surface area (Å²) in [6.45, 7) is 1.11. The van der Waals surface area contributed by atoms with Crippen LogP contribution in [0.4, 0.5) is 0 Å². The molecule has 1 saturated carbocycles. The predicted octanol–water partition coefficient (Wildman–Crippen LogP) is 3.57. The van der Waals surface area contributed by atoms with E-state index in [1.54, 1.807) is 37.4 Å². The molecule has 8 nitrogen and oxygen atoms in total. The Morgan fingerprint density at radius 3 is 2.49 bits per heavy atom. The molecule has 9 heteroatoms. The third-order valence-electron chi connectivity index (χ3n) is 8.71. The van der Waals surface area contributed by atoms with E-state index >= 15 is 0 Å². The molecule has 1 aromatic heterocycles. The summed E-state index contributed by atoms with van der Waals surface area (Å²) in [4.78, 5) is 18.6. The lowest BCUT2D eigenvalue weighted by Gasteiger charge is -2.50. The van der Waals surface area contributed by atoms with Gasteiger partial charge in [0.05, 0.1) is 24.7 Å². The predicted molar refractivity (Wildman–Crippen MR) is 140 cm³/mol. The number of hydrogen-bond acceptors (Lipinski definition) is 5. The van der Waals surface area contributed by atoms with E-state index in [0.717, 1.165) is 41.4 Å². The van der Waals surface area contributed by atoms with E-state index in [9.17, 15) is 18.3 Å². The van der Waals surface area contributed by atoms with Gasteiger partial charge in [-0.15, -0.1) is 0 Å². The molecule has 1 atom stereocenters. The van der Waals surface area contributed by atoms with Gasteiger partial charge in [-0.1, -0.05) is 24.6 Å². The fourth-order valence-corrected chi connectivity index (χ4v) is 8.11. The first kappa shape index (κ1) is 24.5. The summed E-state index contributed by atoms with van der Waals surface area (Å²) in [6.07, 6.45) is 4.38. The maximum Gasteiger partial charge on any atom is 0.243 e. The number of sulfonamides is 1. The number of fused-ring (bicyclic) bond motifs is 4. The Bertz CT molecular complexity index is 1420. The number of aliphatic hydroxyl groups is 1. The van der Waals surface area contributed by atoms with Crippen LogP contribution in [-0.2, 0) is 20.2 Å². The zero-order chi connectivity index (χ0) is 25.8. The van der Waals surface area contributed by atoms with Gasteiger partial charge in [-0.2, -0.15) is 4.31 Å². The highest BCUT2D eigenvalue weighted by Gasteiger charge is 2.51. The molecule has 0 radical (unpaired) electrons. The Balaban J connectivity index is 1.46. The van der Waals surface area contributed by atoms with Crippen molar-refractivity contribution < 1.29 is 23.1 Å². The highest BCUT2D eigenvalue weighted by molar-refractivity contribution is 7.89. The second-order valence-corrected chi connectivity index (χ2v) is 12.5. The van der Waals surface area contributed by atoms with Gasteiger partial charge < -0.3 is 19.7 Å². The van der Waals surface area contributed by atoms with Gasteiger partial charge in [0.15, 0.2) is 0 Å². The molecular weight excluding hydrogens is 490 g/mol. The number of aromatic nitrogens is 1. The summed E-state index contributed by atoms with van der Waals surface area (Å²) in [5, 5.41) is 11.6. The fourth-order valence-electron chi connectivity index (χ4n) is 6.42. The molecule has 3 aromatic rings. The summed E-state index contributed by atoms with van der Waals surface area (Å²) in [6, 6.07) is 13.5. The van der Waals surface area contributed by atoms with E-state index < -0.39 is 21.5 Å². The summed E-state index contributed by atoms with van der Waals surface area (Å²) < 4.78 is 34.8. The number of carbonyl (C=O) groups excluding carboxylic acids is 1. The normalized spacial score (nSPS) is 22.1. The standard InChI is InChI=1S/C28H33N3O5S/c1-36-20-10-11-22-23(16-20)29-26-24(17-32)31(37(34,35)21-8-3-2-4-9-21)18-28(25(22)26)12-14-30(15-13-28)27(33)19-6-5-7-19/h2-4,8-11,16,19,24,29,32H,5-7,12-15,17-18H2,1H3. The number of ether oxygens (including phenoxy) is 1. The average Bonchev–Trinajstić information content (AvgIpc) is 3.28. The van der Waals surface area contributed by atoms with Crippen molar-refractivity contribution in [1.29, 1.82) is 0 Å². The first-order valence-electron chi connectivity index (χ1n) is 13.0. The first-order valence-corrected chi connectivity index (χ1v) is 14.5. The molecule has 3 heterocycles. The number of methoxy groups -OCH3 is 1. The molecule has 1 spiro atoms. The highest BCUT2D eigenvalue weighted by atomic mass is 32.2. The monoisotopic (exact) mass is 523 g/mol. The number of likely N-dealkylation sites (tertiary alicyclic amines) is 1. The molecule has 196 valence electrons. The van der Waals surface area contributed by atoms with Crippen LogP contribution in [0.15, 0.2) is 53.4 Å². The minimum absolute atomic E-state index is 0.144. The zero-order valence-electron chi connectivity index (χ0n) is 21.0. The van der Waals surface area contributed by atoms with Crippen molar-refractivity contribution in [3.8, 4) is 5.75 Å². The van der Waals surface area contributed by atoms with E-state index in [-0.39, 0.29) is 29.9 Å². The molecule has 2 fully saturated rings. The van der Waals surface area contributed by atoms with Gasteiger partial charge in [-0.25, -0.2) is 8.42 Å². The summed E-state index contributed by atoms with van der Waals surface area (Å²) in [7, 11) is -2.27. The first-order chi connectivity index (χ1) is 17.9. The van der Waals surface area contributed by atoms with Crippen LogP contribution >= 0.6 is 0 Å². The number of H-pyrrole nitrogens is 1. The molecule has 0 bridgehead atoms. The Morgan fingerprint density at radius 2 is 1.86 bits per heavy atom. The zero-order valence-corrected chi connectivity index (χ0v) is 21.8. The van der Waals surface area contributed by atoms with Gasteiger partial charge in [0, 0.05) is 53.6 Å². The quantitative estimate of drug-likeness (QED) is 0.532. The number of rotatable bonds is 5. The van der Waals surface area contributed by atoms with Gasteiger partial charge in [-0.3, -0.25) is 4.79 Å². The summed E-state index contributed by atoms with van der Waals surface area (Å²) in [5.74, 6) is 1.09. The van der Waals surface area contributed by atoms with Gasteiger partial charge in [0.1, 0.15) is 5.75 Å².